The fourth-order valence-corrected chi connectivity index (χ4v) is 3.07. The van der Waals surface area contributed by atoms with Gasteiger partial charge in [-0.05, 0) is 46.3 Å². The molecule has 0 amide bonds. The number of thiophene rings is 1. The van der Waals surface area contributed by atoms with Crippen LogP contribution in [0.5, 0.6) is 0 Å². The van der Waals surface area contributed by atoms with Gasteiger partial charge in [0.05, 0.1) is 10.6 Å². The molecule has 0 atom stereocenters. The van der Waals surface area contributed by atoms with Crippen LogP contribution in [-0.4, -0.2) is 16.5 Å². The second kappa shape index (κ2) is 5.60. The van der Waals surface area contributed by atoms with E-state index in [-0.39, 0.29) is 0 Å². The number of anilines is 1. The number of hydrogen-bond donors (Lipinski definition) is 1. The summed E-state index contributed by atoms with van der Waals surface area (Å²) in [7, 11) is 0. The van der Waals surface area contributed by atoms with E-state index in [0.29, 0.717) is 5.95 Å². The molecule has 0 fully saturated rings. The molecule has 0 aliphatic carbocycles. The normalized spacial score (nSPS) is 10.5. The molecular weight excluding hydrogens is 298 g/mol. The first-order valence-electron chi connectivity index (χ1n) is 5.53. The van der Waals surface area contributed by atoms with E-state index in [4.69, 9.17) is 0 Å². The average Bonchev–Trinajstić information content (AvgIpc) is 2.74. The topological polar surface area (TPSA) is 37.8 Å². The number of halogens is 1. The lowest BCUT2D eigenvalue weighted by atomic mass is 10.2. The maximum Gasteiger partial charge on any atom is 0.223 e. The second-order valence-corrected chi connectivity index (χ2v) is 5.52. The number of aromatic nitrogens is 2. The third-order valence-electron chi connectivity index (χ3n) is 2.34. The Hall–Kier alpha value is -0.940. The molecule has 17 heavy (non-hydrogen) atoms. The molecule has 3 nitrogen and oxygen atoms in total. The third kappa shape index (κ3) is 2.84. The van der Waals surface area contributed by atoms with Gasteiger partial charge in [0.2, 0.25) is 5.95 Å². The second-order valence-electron chi connectivity index (χ2n) is 3.75. The Morgan fingerprint density at radius 3 is 2.94 bits per heavy atom. The molecule has 90 valence electrons. The van der Waals surface area contributed by atoms with E-state index in [1.807, 2.05) is 19.2 Å². The van der Waals surface area contributed by atoms with Crippen LogP contribution in [0.2, 0.25) is 0 Å². The quantitative estimate of drug-likeness (QED) is 0.923. The molecule has 0 radical (unpaired) electrons. The van der Waals surface area contributed by atoms with Crippen molar-refractivity contribution in [1.29, 1.82) is 0 Å². The standard InChI is InChI=1S/C12H14BrN3S/c1-3-5-14-12-15-7-8(2)10(16-12)11-9(13)4-6-17-11/h4,6-7H,3,5H2,1-2H3,(H,14,15,16). The van der Waals surface area contributed by atoms with E-state index in [1.165, 1.54) is 0 Å². The van der Waals surface area contributed by atoms with Crippen LogP contribution in [0.4, 0.5) is 5.95 Å². The molecule has 0 aromatic carbocycles. The van der Waals surface area contributed by atoms with Gasteiger partial charge in [-0.2, -0.15) is 0 Å². The Morgan fingerprint density at radius 2 is 2.29 bits per heavy atom. The maximum atomic E-state index is 4.57. The highest BCUT2D eigenvalue weighted by Crippen LogP contribution is 2.34. The Bertz CT molecular complexity index is 510. The molecule has 2 aromatic heterocycles. The number of nitrogens with one attached hydrogen (secondary N) is 1. The maximum absolute atomic E-state index is 4.57. The van der Waals surface area contributed by atoms with Crippen LogP contribution in [-0.2, 0) is 0 Å². The van der Waals surface area contributed by atoms with E-state index in [0.717, 1.165) is 33.6 Å². The van der Waals surface area contributed by atoms with E-state index in [1.54, 1.807) is 11.3 Å². The molecule has 2 aromatic rings. The van der Waals surface area contributed by atoms with Crippen LogP contribution < -0.4 is 5.32 Å². The molecule has 0 unspecified atom stereocenters. The molecule has 2 heterocycles. The fourth-order valence-electron chi connectivity index (χ4n) is 1.46. The number of hydrogen-bond acceptors (Lipinski definition) is 4. The molecule has 0 saturated carbocycles. The zero-order valence-electron chi connectivity index (χ0n) is 9.83. The van der Waals surface area contributed by atoms with Crippen molar-refractivity contribution < 1.29 is 0 Å². The van der Waals surface area contributed by atoms with Crippen LogP contribution in [0.3, 0.4) is 0 Å². The van der Waals surface area contributed by atoms with Gasteiger partial charge in [-0.25, -0.2) is 9.97 Å². The third-order valence-corrected chi connectivity index (χ3v) is 4.18. The highest BCUT2D eigenvalue weighted by Gasteiger charge is 2.10. The van der Waals surface area contributed by atoms with Crippen molar-refractivity contribution in [2.75, 3.05) is 11.9 Å². The minimum absolute atomic E-state index is 0.702. The monoisotopic (exact) mass is 311 g/mol. The van der Waals surface area contributed by atoms with Crippen LogP contribution >= 0.6 is 27.3 Å². The van der Waals surface area contributed by atoms with Crippen molar-refractivity contribution in [2.24, 2.45) is 0 Å². The highest BCUT2D eigenvalue weighted by molar-refractivity contribution is 9.10. The number of rotatable bonds is 4. The summed E-state index contributed by atoms with van der Waals surface area (Å²) in [5.74, 6) is 0.702. The molecule has 2 rings (SSSR count). The Kier molecular flexibility index (Phi) is 4.12. The first-order chi connectivity index (χ1) is 8.22. The average molecular weight is 312 g/mol. The van der Waals surface area contributed by atoms with E-state index >= 15 is 0 Å². The predicted molar refractivity (Wildman–Crippen MR) is 76.6 cm³/mol. The molecule has 5 heteroatoms. The highest BCUT2D eigenvalue weighted by atomic mass is 79.9. The number of nitrogens with zero attached hydrogens (tertiary/aromatic N) is 2. The minimum atomic E-state index is 0.702. The Balaban J connectivity index is 2.36. The summed E-state index contributed by atoms with van der Waals surface area (Å²) in [6.07, 6.45) is 2.93. The molecule has 0 bridgehead atoms. The first kappa shape index (κ1) is 12.5. The fraction of sp³-hybridized carbons (Fsp3) is 0.333. The lowest BCUT2D eigenvalue weighted by Gasteiger charge is -2.07. The summed E-state index contributed by atoms with van der Waals surface area (Å²) in [6.45, 7) is 5.05. The summed E-state index contributed by atoms with van der Waals surface area (Å²) < 4.78 is 1.09. The van der Waals surface area contributed by atoms with Crippen molar-refractivity contribution in [3.05, 3.63) is 27.7 Å². The summed E-state index contributed by atoms with van der Waals surface area (Å²) in [4.78, 5) is 10.0. The molecular formula is C12H14BrN3S. The summed E-state index contributed by atoms with van der Waals surface area (Å²) in [6, 6.07) is 2.04. The minimum Gasteiger partial charge on any atom is -0.354 e. The Morgan fingerprint density at radius 1 is 1.47 bits per heavy atom. The van der Waals surface area contributed by atoms with Crippen LogP contribution in [0.15, 0.2) is 22.1 Å². The van der Waals surface area contributed by atoms with Gasteiger partial charge in [0.25, 0.3) is 0 Å². The van der Waals surface area contributed by atoms with E-state index in [9.17, 15) is 0 Å². The van der Waals surface area contributed by atoms with Gasteiger partial charge in [-0.3, -0.25) is 0 Å². The zero-order chi connectivity index (χ0) is 12.3. The van der Waals surface area contributed by atoms with Crippen LogP contribution in [0, 0.1) is 6.92 Å². The Labute approximate surface area is 113 Å². The molecule has 0 aliphatic rings. The van der Waals surface area contributed by atoms with Crippen molar-refractivity contribution in [2.45, 2.75) is 20.3 Å². The van der Waals surface area contributed by atoms with Gasteiger partial charge in [0.15, 0.2) is 0 Å². The van der Waals surface area contributed by atoms with Gasteiger partial charge < -0.3 is 5.32 Å². The lowest BCUT2D eigenvalue weighted by molar-refractivity contribution is 0.951. The van der Waals surface area contributed by atoms with E-state index in [2.05, 4.69) is 43.5 Å². The van der Waals surface area contributed by atoms with Gasteiger partial charge in [0.1, 0.15) is 0 Å². The van der Waals surface area contributed by atoms with Gasteiger partial charge in [-0.15, -0.1) is 11.3 Å². The van der Waals surface area contributed by atoms with Crippen molar-refractivity contribution in [3.8, 4) is 10.6 Å². The van der Waals surface area contributed by atoms with Crippen molar-refractivity contribution in [3.63, 3.8) is 0 Å². The molecule has 1 N–H and O–H groups in total. The predicted octanol–water partition coefficient (Wildman–Crippen LogP) is 4.10. The molecule has 0 spiro atoms. The SMILES string of the molecule is CCCNc1ncc(C)c(-c2sccc2Br)n1. The van der Waals surface area contributed by atoms with Gasteiger partial charge in [0, 0.05) is 17.2 Å². The molecule has 0 saturated heterocycles. The van der Waals surface area contributed by atoms with Gasteiger partial charge in [-0.1, -0.05) is 6.92 Å². The van der Waals surface area contributed by atoms with Crippen LogP contribution in [0.25, 0.3) is 10.6 Å². The summed E-state index contributed by atoms with van der Waals surface area (Å²) >= 11 is 5.23. The zero-order valence-corrected chi connectivity index (χ0v) is 12.2. The number of aryl methyl sites for hydroxylation is 1. The molecule has 0 aliphatic heterocycles. The van der Waals surface area contributed by atoms with Crippen molar-refractivity contribution in [1.82, 2.24) is 9.97 Å². The lowest BCUT2D eigenvalue weighted by Crippen LogP contribution is -2.05. The van der Waals surface area contributed by atoms with Crippen LogP contribution in [0.1, 0.15) is 18.9 Å². The van der Waals surface area contributed by atoms with E-state index < -0.39 is 0 Å². The van der Waals surface area contributed by atoms with Gasteiger partial charge >= 0.3 is 0 Å². The summed E-state index contributed by atoms with van der Waals surface area (Å²) in [5.41, 5.74) is 2.09. The largest absolute Gasteiger partial charge is 0.354 e. The smallest absolute Gasteiger partial charge is 0.223 e. The summed E-state index contributed by atoms with van der Waals surface area (Å²) in [5, 5.41) is 5.27. The van der Waals surface area contributed by atoms with Crippen molar-refractivity contribution >= 4 is 33.2 Å². The first-order valence-corrected chi connectivity index (χ1v) is 7.20.